The van der Waals surface area contributed by atoms with Gasteiger partial charge in [-0.25, -0.2) is 0 Å². The van der Waals surface area contributed by atoms with Crippen molar-refractivity contribution in [1.82, 2.24) is 20.1 Å². The molecule has 1 aromatic heterocycles. The molecule has 2 aliphatic carbocycles. The highest BCUT2D eigenvalue weighted by atomic mass is 16.2. The van der Waals surface area contributed by atoms with E-state index in [4.69, 9.17) is 10.2 Å². The second-order valence-electron chi connectivity index (χ2n) is 10.9. The van der Waals surface area contributed by atoms with Gasteiger partial charge in [-0.3, -0.25) is 4.79 Å². The quantitative estimate of drug-likeness (QED) is 0.661. The minimum atomic E-state index is -0.125. The van der Waals surface area contributed by atoms with Crippen molar-refractivity contribution in [3.05, 3.63) is 41.0 Å². The zero-order valence-corrected chi connectivity index (χ0v) is 19.9. The van der Waals surface area contributed by atoms with Crippen molar-refractivity contribution in [1.29, 1.82) is 0 Å². The van der Waals surface area contributed by atoms with Crippen LogP contribution in [0, 0.1) is 31.6 Å². The van der Waals surface area contributed by atoms with Gasteiger partial charge in [0, 0.05) is 36.7 Å². The number of aromatic nitrogens is 3. The van der Waals surface area contributed by atoms with Crippen LogP contribution in [0.2, 0.25) is 0 Å². The Morgan fingerprint density at radius 1 is 1.16 bits per heavy atom. The smallest absolute Gasteiger partial charge is 0.229 e. The molecule has 0 radical (unpaired) electrons. The van der Waals surface area contributed by atoms with Crippen molar-refractivity contribution in [2.45, 2.75) is 77.7 Å². The maximum atomic E-state index is 13.3. The highest BCUT2D eigenvalue weighted by Gasteiger charge is 2.43. The molecule has 1 saturated heterocycles. The lowest BCUT2D eigenvalue weighted by Crippen LogP contribution is -2.30. The molecule has 0 spiro atoms. The van der Waals surface area contributed by atoms with Gasteiger partial charge in [0.2, 0.25) is 5.91 Å². The van der Waals surface area contributed by atoms with Gasteiger partial charge in [0.05, 0.1) is 5.92 Å². The Morgan fingerprint density at radius 3 is 2.59 bits per heavy atom. The third-order valence-corrected chi connectivity index (χ3v) is 7.59. The predicted octanol–water partition coefficient (Wildman–Crippen LogP) is 4.71. The lowest BCUT2D eigenvalue weighted by atomic mass is 9.71. The predicted molar refractivity (Wildman–Crippen MR) is 127 cm³/mol. The summed E-state index contributed by atoms with van der Waals surface area (Å²) in [7, 11) is 0. The van der Waals surface area contributed by atoms with Crippen molar-refractivity contribution in [3.63, 3.8) is 0 Å². The summed E-state index contributed by atoms with van der Waals surface area (Å²) in [5, 5.41) is 16.1. The third kappa shape index (κ3) is 4.21. The van der Waals surface area contributed by atoms with Crippen LogP contribution in [0.4, 0.5) is 5.69 Å². The summed E-state index contributed by atoms with van der Waals surface area (Å²) in [5.41, 5.74) is 3.21. The Hall–Kier alpha value is -2.21. The molecule has 2 N–H and O–H groups in total. The normalized spacial score (nSPS) is 27.5. The van der Waals surface area contributed by atoms with E-state index < -0.39 is 0 Å². The molecule has 0 bridgehead atoms. The number of amides is 1. The summed E-state index contributed by atoms with van der Waals surface area (Å²) in [6.45, 7) is 10.2. The molecular formula is C26H37N5O. The Bertz CT molecular complexity index is 986. The van der Waals surface area contributed by atoms with Gasteiger partial charge in [0.1, 0.15) is 11.6 Å². The fraction of sp³-hybridized carbons (Fsp3) is 0.654. The van der Waals surface area contributed by atoms with E-state index in [0.717, 1.165) is 35.5 Å². The molecule has 1 aromatic carbocycles. The second kappa shape index (κ2) is 8.62. The average Bonchev–Trinajstić information content (AvgIpc) is 3.27. The second-order valence-corrected chi connectivity index (χ2v) is 10.9. The van der Waals surface area contributed by atoms with E-state index in [9.17, 15) is 4.79 Å². The van der Waals surface area contributed by atoms with E-state index in [2.05, 4.69) is 42.0 Å². The number of carbonyl (C=O) groups excluding carboxylic acids is 1. The van der Waals surface area contributed by atoms with E-state index in [1.807, 2.05) is 19.1 Å². The maximum absolute atomic E-state index is 13.3. The monoisotopic (exact) mass is 435 g/mol. The first-order chi connectivity index (χ1) is 15.4. The van der Waals surface area contributed by atoms with Crippen LogP contribution >= 0.6 is 0 Å². The van der Waals surface area contributed by atoms with E-state index in [0.29, 0.717) is 18.5 Å². The number of anilines is 1. The molecule has 1 aliphatic heterocycles. The molecule has 1 amide bonds. The van der Waals surface area contributed by atoms with E-state index >= 15 is 0 Å². The lowest BCUT2D eigenvalue weighted by molar-refractivity contribution is -0.119. The van der Waals surface area contributed by atoms with Gasteiger partial charge in [-0.15, -0.1) is 10.2 Å². The van der Waals surface area contributed by atoms with E-state index in [1.165, 1.54) is 43.5 Å². The zero-order chi connectivity index (χ0) is 22.4. The Morgan fingerprint density at radius 2 is 1.91 bits per heavy atom. The van der Waals surface area contributed by atoms with E-state index in [-0.39, 0.29) is 17.7 Å². The zero-order valence-electron chi connectivity index (χ0n) is 19.9. The topological polar surface area (TPSA) is 71.8 Å². The molecule has 32 heavy (non-hydrogen) atoms. The summed E-state index contributed by atoms with van der Waals surface area (Å²) in [6, 6.07) is 6.70. The van der Waals surface area contributed by atoms with Crippen molar-refractivity contribution >= 4 is 11.6 Å². The summed E-state index contributed by atoms with van der Waals surface area (Å²) in [4.78, 5) is 13.3. The number of carbonyl (C=O) groups is 1. The summed E-state index contributed by atoms with van der Waals surface area (Å²) >= 11 is 0. The van der Waals surface area contributed by atoms with Gasteiger partial charge in [-0.2, -0.15) is 0 Å². The fourth-order valence-electron chi connectivity index (χ4n) is 5.76. The van der Waals surface area contributed by atoms with Gasteiger partial charge >= 0.3 is 0 Å². The molecule has 2 atom stereocenters. The number of hydrogen-bond acceptors (Lipinski definition) is 4. The van der Waals surface area contributed by atoms with Crippen molar-refractivity contribution < 1.29 is 4.79 Å². The third-order valence-electron chi connectivity index (χ3n) is 7.59. The van der Waals surface area contributed by atoms with Crippen LogP contribution in [-0.4, -0.2) is 33.8 Å². The number of nitrogens with zero attached hydrogens (tertiary/aromatic N) is 3. The van der Waals surface area contributed by atoms with Crippen LogP contribution in [0.3, 0.4) is 0 Å². The first-order valence-corrected chi connectivity index (χ1v) is 12.4. The van der Waals surface area contributed by atoms with Crippen molar-refractivity contribution in [2.75, 3.05) is 18.4 Å². The molecule has 2 saturated carbocycles. The number of benzene rings is 1. The number of aryl methyl sites for hydroxylation is 2. The number of rotatable bonds is 7. The van der Waals surface area contributed by atoms with Crippen molar-refractivity contribution in [2.24, 2.45) is 17.8 Å². The highest BCUT2D eigenvalue weighted by molar-refractivity contribution is 5.94. The van der Waals surface area contributed by atoms with Gasteiger partial charge in [-0.05, 0) is 69.4 Å². The Labute approximate surface area is 191 Å². The minimum absolute atomic E-state index is 0.0779. The van der Waals surface area contributed by atoms with Crippen molar-refractivity contribution in [3.8, 4) is 0 Å². The molecule has 6 heteroatoms. The molecule has 3 aliphatic rings. The Balaban J connectivity index is 1.34. The first-order valence-electron chi connectivity index (χ1n) is 12.4. The molecule has 3 fully saturated rings. The largest absolute Gasteiger partial charge is 0.326 e. The standard InChI is InChI=1S/C26H37N5O/c1-15(2)9-18-11-19(12-18)24-29-30-25(31(24)20-6-7-20)21-13-27-14-22(21)26(32)28-23-8-5-16(3)10-17(23)4/h5,8,10,15,18-22,27H,6-7,9,11-14H2,1-4H3,(H,28,32)/t18-,19+,21-,22-/m0/s1. The molecule has 172 valence electrons. The van der Waals surface area contributed by atoms with Crippen LogP contribution in [0.1, 0.15) is 86.6 Å². The van der Waals surface area contributed by atoms with Crippen LogP contribution in [0.5, 0.6) is 0 Å². The molecule has 0 unspecified atom stereocenters. The Kier molecular flexibility index (Phi) is 5.82. The number of hydrogen-bond donors (Lipinski definition) is 2. The maximum Gasteiger partial charge on any atom is 0.229 e. The van der Waals surface area contributed by atoms with Crippen LogP contribution < -0.4 is 10.6 Å². The minimum Gasteiger partial charge on any atom is -0.326 e. The fourth-order valence-corrected chi connectivity index (χ4v) is 5.76. The summed E-state index contributed by atoms with van der Waals surface area (Å²) in [6.07, 6.45) is 6.21. The van der Waals surface area contributed by atoms with Gasteiger partial charge < -0.3 is 15.2 Å². The van der Waals surface area contributed by atoms with Crippen LogP contribution in [-0.2, 0) is 4.79 Å². The molecule has 2 heterocycles. The molecule has 6 nitrogen and oxygen atoms in total. The van der Waals surface area contributed by atoms with Crippen LogP contribution in [0.25, 0.3) is 0 Å². The highest BCUT2D eigenvalue weighted by Crippen LogP contribution is 2.48. The summed E-state index contributed by atoms with van der Waals surface area (Å²) in [5.74, 6) is 4.38. The van der Waals surface area contributed by atoms with E-state index in [1.54, 1.807) is 0 Å². The number of nitrogens with one attached hydrogen (secondary N) is 2. The average molecular weight is 436 g/mol. The lowest BCUT2D eigenvalue weighted by Gasteiger charge is -2.36. The van der Waals surface area contributed by atoms with Crippen LogP contribution in [0.15, 0.2) is 18.2 Å². The van der Waals surface area contributed by atoms with Gasteiger partial charge in [0.25, 0.3) is 0 Å². The van der Waals surface area contributed by atoms with Gasteiger partial charge in [0.15, 0.2) is 0 Å². The molecular weight excluding hydrogens is 398 g/mol. The SMILES string of the molecule is Cc1ccc(NC(=O)[C@H]2CNC[C@@H]2c2nnc([C@H]3C[C@@H](CC(C)C)C3)n2C2CC2)c(C)c1. The summed E-state index contributed by atoms with van der Waals surface area (Å²) < 4.78 is 2.44. The first kappa shape index (κ1) is 21.6. The molecule has 5 rings (SSSR count). The van der Waals surface area contributed by atoms with Gasteiger partial charge in [-0.1, -0.05) is 31.5 Å². The molecule has 2 aromatic rings.